The van der Waals surface area contributed by atoms with E-state index in [1.807, 2.05) is 0 Å². The van der Waals surface area contributed by atoms with Crippen LogP contribution in [0.5, 0.6) is 0 Å². The van der Waals surface area contributed by atoms with Gasteiger partial charge in [0.05, 0.1) is 5.02 Å². The van der Waals surface area contributed by atoms with E-state index in [1.165, 1.54) is 12.1 Å². The number of aryl methyl sites for hydroxylation is 1. The third-order valence-electron chi connectivity index (χ3n) is 2.97. The second-order valence-corrected chi connectivity index (χ2v) is 4.82. The Balaban J connectivity index is 2.53. The van der Waals surface area contributed by atoms with Crippen LogP contribution >= 0.6 is 11.6 Å². The van der Waals surface area contributed by atoms with E-state index in [0.29, 0.717) is 28.3 Å². The Hall–Kier alpha value is -1.45. The zero-order valence-corrected chi connectivity index (χ0v) is 11.5. The molecule has 1 nitrogen and oxygen atoms in total. The van der Waals surface area contributed by atoms with Crippen molar-refractivity contribution in [3.63, 3.8) is 0 Å². The van der Waals surface area contributed by atoms with E-state index in [-0.39, 0.29) is 11.6 Å². The minimum Gasteiger partial charge on any atom is -0.316 e. The molecule has 0 aliphatic rings. The molecular weight excluding hydrogens is 268 g/mol. The predicted octanol–water partition coefficient (Wildman–Crippen LogP) is 4.31. The van der Waals surface area contributed by atoms with E-state index in [9.17, 15) is 8.78 Å². The minimum atomic E-state index is -0.341. The first-order valence-corrected chi connectivity index (χ1v) is 6.29. The van der Waals surface area contributed by atoms with Crippen LogP contribution in [-0.2, 0) is 6.54 Å². The van der Waals surface area contributed by atoms with E-state index in [4.69, 9.17) is 11.6 Å². The van der Waals surface area contributed by atoms with Crippen molar-refractivity contribution < 1.29 is 8.78 Å². The van der Waals surface area contributed by atoms with Crippen LogP contribution in [0, 0.1) is 18.6 Å². The molecule has 2 rings (SSSR count). The number of benzene rings is 2. The van der Waals surface area contributed by atoms with Crippen molar-refractivity contribution in [3.05, 3.63) is 58.1 Å². The van der Waals surface area contributed by atoms with Gasteiger partial charge in [0.15, 0.2) is 0 Å². The van der Waals surface area contributed by atoms with E-state index in [2.05, 4.69) is 5.32 Å². The molecule has 0 aliphatic heterocycles. The number of nitrogens with one attached hydrogen (secondary N) is 1. The molecule has 0 amide bonds. The Morgan fingerprint density at radius 3 is 2.53 bits per heavy atom. The highest BCUT2D eigenvalue weighted by atomic mass is 35.5. The third-order valence-corrected chi connectivity index (χ3v) is 3.28. The first-order chi connectivity index (χ1) is 9.02. The van der Waals surface area contributed by atoms with Gasteiger partial charge in [0, 0.05) is 17.7 Å². The number of hydrogen-bond donors (Lipinski definition) is 1. The highest BCUT2D eigenvalue weighted by Crippen LogP contribution is 2.31. The topological polar surface area (TPSA) is 12.0 Å². The molecule has 0 fully saturated rings. The van der Waals surface area contributed by atoms with Crippen LogP contribution in [-0.4, -0.2) is 7.05 Å². The van der Waals surface area contributed by atoms with Crippen molar-refractivity contribution in [3.8, 4) is 11.1 Å². The molecule has 0 radical (unpaired) electrons. The zero-order valence-electron chi connectivity index (χ0n) is 10.7. The largest absolute Gasteiger partial charge is 0.316 e. The molecule has 0 aromatic heterocycles. The van der Waals surface area contributed by atoms with E-state index in [1.54, 1.807) is 32.2 Å². The van der Waals surface area contributed by atoms with Crippen molar-refractivity contribution in [1.29, 1.82) is 0 Å². The first-order valence-electron chi connectivity index (χ1n) is 5.92. The highest BCUT2D eigenvalue weighted by Gasteiger charge is 2.10. The summed E-state index contributed by atoms with van der Waals surface area (Å²) in [4.78, 5) is 0. The van der Waals surface area contributed by atoms with Crippen LogP contribution < -0.4 is 5.32 Å². The lowest BCUT2D eigenvalue weighted by atomic mass is 10.0. The van der Waals surface area contributed by atoms with Gasteiger partial charge in [-0.05, 0) is 49.4 Å². The van der Waals surface area contributed by atoms with Gasteiger partial charge < -0.3 is 5.32 Å². The molecule has 0 heterocycles. The van der Waals surface area contributed by atoms with Gasteiger partial charge in [-0.25, -0.2) is 8.78 Å². The monoisotopic (exact) mass is 281 g/mol. The second kappa shape index (κ2) is 5.68. The first kappa shape index (κ1) is 14.0. The molecule has 0 saturated carbocycles. The summed E-state index contributed by atoms with van der Waals surface area (Å²) in [5.41, 5.74) is 2.55. The maximum Gasteiger partial charge on any atom is 0.127 e. The van der Waals surface area contributed by atoms with Crippen LogP contribution in [0.3, 0.4) is 0 Å². The summed E-state index contributed by atoms with van der Waals surface area (Å²) >= 11 is 6.06. The maximum absolute atomic E-state index is 13.6. The molecule has 0 aliphatic carbocycles. The average molecular weight is 282 g/mol. The lowest BCUT2D eigenvalue weighted by molar-refractivity contribution is 0.601. The van der Waals surface area contributed by atoms with Crippen molar-refractivity contribution in [2.75, 3.05) is 7.05 Å². The summed E-state index contributed by atoms with van der Waals surface area (Å²) in [6.07, 6.45) is 0. The third kappa shape index (κ3) is 2.94. The van der Waals surface area contributed by atoms with Gasteiger partial charge in [-0.3, -0.25) is 0 Å². The quantitative estimate of drug-likeness (QED) is 0.884. The number of hydrogen-bond acceptors (Lipinski definition) is 1. The van der Waals surface area contributed by atoms with Gasteiger partial charge in [-0.1, -0.05) is 17.7 Å². The Kier molecular flexibility index (Phi) is 4.17. The lowest BCUT2D eigenvalue weighted by Gasteiger charge is -2.10. The Bertz CT molecular complexity index is 611. The molecule has 4 heteroatoms. The normalized spacial score (nSPS) is 10.8. The lowest BCUT2D eigenvalue weighted by Crippen LogP contribution is -2.07. The van der Waals surface area contributed by atoms with Crippen molar-refractivity contribution in [2.45, 2.75) is 13.5 Å². The van der Waals surface area contributed by atoms with Crippen molar-refractivity contribution >= 4 is 11.6 Å². The molecule has 0 saturated heterocycles. The van der Waals surface area contributed by atoms with Crippen molar-refractivity contribution in [2.24, 2.45) is 0 Å². The van der Waals surface area contributed by atoms with Gasteiger partial charge in [-0.15, -0.1) is 0 Å². The SMILES string of the molecule is CNCc1cc(-c2cc(C)c(F)cc2Cl)ccc1F. The minimum absolute atomic E-state index is 0.270. The van der Waals surface area contributed by atoms with Crippen LogP contribution in [0.25, 0.3) is 11.1 Å². The zero-order chi connectivity index (χ0) is 14.0. The van der Waals surface area contributed by atoms with Crippen molar-refractivity contribution in [1.82, 2.24) is 5.32 Å². The van der Waals surface area contributed by atoms with Gasteiger partial charge in [0.2, 0.25) is 0 Å². The van der Waals surface area contributed by atoms with Gasteiger partial charge in [0.25, 0.3) is 0 Å². The van der Waals surface area contributed by atoms with Crippen LogP contribution in [0.4, 0.5) is 8.78 Å². The molecule has 19 heavy (non-hydrogen) atoms. The maximum atomic E-state index is 13.6. The molecule has 0 atom stereocenters. The smallest absolute Gasteiger partial charge is 0.127 e. The summed E-state index contributed by atoms with van der Waals surface area (Å²) in [6, 6.07) is 7.73. The molecule has 0 bridgehead atoms. The summed E-state index contributed by atoms with van der Waals surface area (Å²) < 4.78 is 27.0. The standard InChI is InChI=1S/C15H14ClF2N/c1-9-5-12(13(16)7-15(9)18)10-3-4-14(17)11(6-10)8-19-2/h3-7,19H,8H2,1-2H3. The van der Waals surface area contributed by atoms with E-state index < -0.39 is 0 Å². The summed E-state index contributed by atoms with van der Waals surface area (Å²) in [6.45, 7) is 2.10. The van der Waals surface area contributed by atoms with Gasteiger partial charge >= 0.3 is 0 Å². The van der Waals surface area contributed by atoms with Gasteiger partial charge in [0.1, 0.15) is 11.6 Å². The number of halogens is 3. The Labute approximate surface area is 116 Å². The number of rotatable bonds is 3. The molecular formula is C15H14ClF2N. The van der Waals surface area contributed by atoms with Gasteiger partial charge in [-0.2, -0.15) is 0 Å². The molecule has 1 N–H and O–H groups in total. The highest BCUT2D eigenvalue weighted by molar-refractivity contribution is 6.33. The summed E-state index contributed by atoms with van der Waals surface area (Å²) in [5, 5.41) is 3.23. The fourth-order valence-electron chi connectivity index (χ4n) is 1.95. The summed E-state index contributed by atoms with van der Waals surface area (Å²) in [7, 11) is 1.75. The molecule has 0 spiro atoms. The molecule has 2 aromatic rings. The van der Waals surface area contributed by atoms with Crippen LogP contribution in [0.1, 0.15) is 11.1 Å². The van der Waals surface area contributed by atoms with E-state index in [0.717, 1.165) is 5.56 Å². The van der Waals surface area contributed by atoms with Crippen LogP contribution in [0.15, 0.2) is 30.3 Å². The summed E-state index contributed by atoms with van der Waals surface area (Å²) in [5.74, 6) is -0.612. The fraction of sp³-hybridized carbons (Fsp3) is 0.200. The Morgan fingerprint density at radius 1 is 1.11 bits per heavy atom. The predicted molar refractivity (Wildman–Crippen MR) is 74.3 cm³/mol. The molecule has 0 unspecified atom stereocenters. The molecule has 100 valence electrons. The van der Waals surface area contributed by atoms with Crippen LogP contribution in [0.2, 0.25) is 5.02 Å². The van der Waals surface area contributed by atoms with E-state index >= 15 is 0 Å². The fourth-order valence-corrected chi connectivity index (χ4v) is 2.21. The molecule has 2 aromatic carbocycles. The average Bonchev–Trinajstić information content (AvgIpc) is 2.37. The second-order valence-electron chi connectivity index (χ2n) is 4.42. The Morgan fingerprint density at radius 2 is 1.84 bits per heavy atom.